The zero-order chi connectivity index (χ0) is 21.1. The van der Waals surface area contributed by atoms with E-state index in [0.29, 0.717) is 16.7 Å². The minimum atomic E-state index is -0.655. The molecule has 1 N–H and O–H groups in total. The maximum absolute atomic E-state index is 12.4. The van der Waals surface area contributed by atoms with E-state index in [1.165, 1.54) is 0 Å². The summed E-state index contributed by atoms with van der Waals surface area (Å²) in [5.41, 5.74) is 1.98. The second-order valence-corrected chi connectivity index (χ2v) is 7.15. The molecule has 1 amide bonds. The number of benzene rings is 3. The molecule has 4 rings (SSSR count). The summed E-state index contributed by atoms with van der Waals surface area (Å²) in [6.45, 7) is -0.492. The Morgan fingerprint density at radius 3 is 2.43 bits per heavy atom. The van der Waals surface area contributed by atoms with Gasteiger partial charge in [0.1, 0.15) is 5.52 Å². The van der Waals surface area contributed by atoms with E-state index in [1.54, 1.807) is 36.4 Å². The van der Waals surface area contributed by atoms with Crippen LogP contribution in [0.1, 0.15) is 10.4 Å². The number of ether oxygens (including phenoxy) is 1. The van der Waals surface area contributed by atoms with Crippen LogP contribution in [-0.4, -0.2) is 23.6 Å². The molecule has 1 heterocycles. The highest BCUT2D eigenvalue weighted by atomic mass is 35.5. The summed E-state index contributed by atoms with van der Waals surface area (Å²) in [5.74, 6) is -0.668. The molecule has 0 unspecified atom stereocenters. The molecule has 8 heteroatoms. The normalized spacial score (nSPS) is 10.7. The number of rotatable bonds is 5. The Kier molecular flexibility index (Phi) is 5.70. The number of carbonyl (C=O) groups is 2. The van der Waals surface area contributed by atoms with Crippen LogP contribution in [0.2, 0.25) is 10.0 Å². The number of nitrogens with one attached hydrogen (secondary N) is 1. The molecule has 1 aromatic heterocycles. The summed E-state index contributed by atoms with van der Waals surface area (Å²) in [7, 11) is 0. The SMILES string of the molecule is O=C(COC(=O)c1ccc2noc(-c3ccccc3)c2c1)Nc1c(Cl)cccc1Cl. The van der Waals surface area contributed by atoms with Gasteiger partial charge in [0, 0.05) is 5.56 Å². The molecule has 6 nitrogen and oxygen atoms in total. The van der Waals surface area contributed by atoms with Gasteiger partial charge in [0.05, 0.1) is 26.7 Å². The smallest absolute Gasteiger partial charge is 0.338 e. The van der Waals surface area contributed by atoms with Crippen LogP contribution in [0.25, 0.3) is 22.2 Å². The first-order chi connectivity index (χ1) is 14.5. The summed E-state index contributed by atoms with van der Waals surface area (Å²) in [6.07, 6.45) is 0. The number of fused-ring (bicyclic) bond motifs is 1. The van der Waals surface area contributed by atoms with Crippen molar-refractivity contribution in [3.05, 3.63) is 82.3 Å². The largest absolute Gasteiger partial charge is 0.452 e. The second kappa shape index (κ2) is 8.57. The van der Waals surface area contributed by atoms with Crippen molar-refractivity contribution in [3.63, 3.8) is 0 Å². The molecule has 0 aliphatic heterocycles. The molecule has 0 bridgehead atoms. The van der Waals surface area contributed by atoms with Crippen molar-refractivity contribution in [3.8, 4) is 11.3 Å². The van der Waals surface area contributed by atoms with Crippen LogP contribution < -0.4 is 5.32 Å². The maximum atomic E-state index is 12.4. The van der Waals surface area contributed by atoms with E-state index in [9.17, 15) is 9.59 Å². The van der Waals surface area contributed by atoms with Gasteiger partial charge in [-0.25, -0.2) is 4.79 Å². The molecule has 30 heavy (non-hydrogen) atoms. The van der Waals surface area contributed by atoms with Crippen LogP contribution in [-0.2, 0) is 9.53 Å². The van der Waals surface area contributed by atoms with Gasteiger partial charge in [0.15, 0.2) is 12.4 Å². The van der Waals surface area contributed by atoms with Crippen LogP contribution in [0.4, 0.5) is 5.69 Å². The Labute approximate surface area is 181 Å². The third-order valence-corrected chi connectivity index (χ3v) is 4.94. The van der Waals surface area contributed by atoms with E-state index in [0.717, 1.165) is 5.56 Å². The Hall–Kier alpha value is -3.35. The van der Waals surface area contributed by atoms with Crippen LogP contribution in [0.3, 0.4) is 0 Å². The van der Waals surface area contributed by atoms with Gasteiger partial charge in [0.2, 0.25) is 0 Å². The number of halogens is 2. The van der Waals surface area contributed by atoms with Crippen molar-refractivity contribution in [2.24, 2.45) is 0 Å². The van der Waals surface area contributed by atoms with Gasteiger partial charge < -0.3 is 14.6 Å². The predicted octanol–water partition coefficient (Wildman–Crippen LogP) is 5.60. The summed E-state index contributed by atoms with van der Waals surface area (Å²) in [4.78, 5) is 24.6. The summed E-state index contributed by atoms with van der Waals surface area (Å²) in [6, 6.07) is 19.1. The second-order valence-electron chi connectivity index (χ2n) is 6.33. The molecule has 3 aromatic carbocycles. The third kappa shape index (κ3) is 4.15. The number of hydrogen-bond donors (Lipinski definition) is 1. The van der Waals surface area contributed by atoms with Crippen LogP contribution >= 0.6 is 23.2 Å². The average molecular weight is 441 g/mol. The van der Waals surface area contributed by atoms with Gasteiger partial charge in [0.25, 0.3) is 5.91 Å². The molecule has 0 spiro atoms. The molecule has 0 radical (unpaired) electrons. The van der Waals surface area contributed by atoms with Gasteiger partial charge in [-0.2, -0.15) is 0 Å². The molecule has 0 saturated carbocycles. The lowest BCUT2D eigenvalue weighted by Gasteiger charge is -2.09. The lowest BCUT2D eigenvalue weighted by atomic mass is 10.1. The first kappa shape index (κ1) is 19.9. The number of amides is 1. The van der Waals surface area contributed by atoms with Crippen molar-refractivity contribution in [1.82, 2.24) is 5.16 Å². The topological polar surface area (TPSA) is 81.4 Å². The standard InChI is InChI=1S/C22H14Cl2N2O4/c23-16-7-4-8-17(24)20(16)25-19(27)12-29-22(28)14-9-10-18-15(11-14)21(30-26-18)13-5-2-1-3-6-13/h1-11H,12H2,(H,25,27). The van der Waals surface area contributed by atoms with Gasteiger partial charge in [-0.05, 0) is 30.3 Å². The van der Waals surface area contributed by atoms with Gasteiger partial charge in [-0.3, -0.25) is 4.79 Å². The highest BCUT2D eigenvalue weighted by Gasteiger charge is 2.16. The first-order valence-electron chi connectivity index (χ1n) is 8.89. The number of para-hydroxylation sites is 1. The van der Waals surface area contributed by atoms with E-state index in [4.69, 9.17) is 32.5 Å². The Balaban J connectivity index is 1.48. The Morgan fingerprint density at radius 2 is 1.70 bits per heavy atom. The fraction of sp³-hybridized carbons (Fsp3) is 0.0455. The van der Waals surface area contributed by atoms with Gasteiger partial charge in [-0.15, -0.1) is 0 Å². The molecule has 4 aromatic rings. The number of carbonyl (C=O) groups excluding carboxylic acids is 2. The van der Waals surface area contributed by atoms with Crippen molar-refractivity contribution >= 4 is 51.7 Å². The zero-order valence-electron chi connectivity index (χ0n) is 15.4. The van der Waals surface area contributed by atoms with Crippen molar-refractivity contribution in [2.45, 2.75) is 0 Å². The number of anilines is 1. The molecule has 0 atom stereocenters. The van der Waals surface area contributed by atoms with E-state index < -0.39 is 18.5 Å². The van der Waals surface area contributed by atoms with Crippen LogP contribution in [0, 0.1) is 0 Å². The average Bonchev–Trinajstić information content (AvgIpc) is 3.18. The molecular formula is C22H14Cl2N2O4. The van der Waals surface area contributed by atoms with Gasteiger partial charge in [-0.1, -0.05) is 64.8 Å². The zero-order valence-corrected chi connectivity index (χ0v) is 16.9. The fourth-order valence-corrected chi connectivity index (χ4v) is 3.37. The predicted molar refractivity (Wildman–Crippen MR) is 115 cm³/mol. The maximum Gasteiger partial charge on any atom is 0.338 e. The minimum absolute atomic E-state index is 0.264. The lowest BCUT2D eigenvalue weighted by molar-refractivity contribution is -0.119. The van der Waals surface area contributed by atoms with Crippen LogP contribution in [0.5, 0.6) is 0 Å². The summed E-state index contributed by atoms with van der Waals surface area (Å²) >= 11 is 12.0. The van der Waals surface area contributed by atoms with E-state index in [2.05, 4.69) is 10.5 Å². The van der Waals surface area contributed by atoms with E-state index in [-0.39, 0.29) is 21.3 Å². The van der Waals surface area contributed by atoms with E-state index >= 15 is 0 Å². The molecule has 0 aliphatic carbocycles. The Bertz CT molecular complexity index is 1220. The lowest BCUT2D eigenvalue weighted by Crippen LogP contribution is -2.21. The number of nitrogens with zero attached hydrogens (tertiary/aromatic N) is 1. The summed E-state index contributed by atoms with van der Waals surface area (Å²) in [5, 5.41) is 7.79. The number of hydrogen-bond acceptors (Lipinski definition) is 5. The van der Waals surface area contributed by atoms with Gasteiger partial charge >= 0.3 is 5.97 Å². The highest BCUT2D eigenvalue weighted by molar-refractivity contribution is 6.39. The number of esters is 1. The first-order valence-corrected chi connectivity index (χ1v) is 9.64. The summed E-state index contributed by atoms with van der Waals surface area (Å²) < 4.78 is 10.6. The van der Waals surface area contributed by atoms with Crippen LogP contribution in [0.15, 0.2) is 71.3 Å². The Morgan fingerprint density at radius 1 is 0.967 bits per heavy atom. The molecule has 150 valence electrons. The highest BCUT2D eigenvalue weighted by Crippen LogP contribution is 2.30. The van der Waals surface area contributed by atoms with Crippen molar-refractivity contribution in [2.75, 3.05) is 11.9 Å². The molecule has 0 fully saturated rings. The van der Waals surface area contributed by atoms with Crippen molar-refractivity contribution < 1.29 is 18.8 Å². The third-order valence-electron chi connectivity index (χ3n) is 4.31. The van der Waals surface area contributed by atoms with E-state index in [1.807, 2.05) is 30.3 Å². The fourth-order valence-electron chi connectivity index (χ4n) is 2.87. The number of aromatic nitrogens is 1. The minimum Gasteiger partial charge on any atom is -0.452 e. The molecule has 0 saturated heterocycles. The monoisotopic (exact) mass is 440 g/mol. The quantitative estimate of drug-likeness (QED) is 0.408. The molecular weight excluding hydrogens is 427 g/mol. The van der Waals surface area contributed by atoms with Crippen molar-refractivity contribution in [1.29, 1.82) is 0 Å². The molecule has 0 aliphatic rings.